The Balaban J connectivity index is 1.47. The molecule has 0 fully saturated rings. The summed E-state index contributed by atoms with van der Waals surface area (Å²) in [5, 5.41) is 9.44. The van der Waals surface area contributed by atoms with Crippen molar-refractivity contribution in [3.8, 4) is 23.0 Å². The highest BCUT2D eigenvalue weighted by molar-refractivity contribution is 5.76. The lowest BCUT2D eigenvalue weighted by molar-refractivity contribution is -0.152. The Morgan fingerprint density at radius 2 is 1.64 bits per heavy atom. The molecule has 0 bridgehead atoms. The van der Waals surface area contributed by atoms with Crippen LogP contribution in [-0.2, 0) is 24.1 Å². The van der Waals surface area contributed by atoms with Crippen molar-refractivity contribution in [1.82, 2.24) is 4.98 Å². The van der Waals surface area contributed by atoms with Crippen LogP contribution in [0.2, 0.25) is 0 Å². The van der Waals surface area contributed by atoms with Crippen molar-refractivity contribution >= 4 is 5.97 Å². The van der Waals surface area contributed by atoms with Crippen LogP contribution in [0.5, 0.6) is 11.5 Å². The molecule has 0 saturated carbocycles. The van der Waals surface area contributed by atoms with Gasteiger partial charge in [-0.3, -0.25) is 0 Å². The molecule has 0 amide bonds. The maximum atomic E-state index is 11.5. The number of hydrogen-bond donors (Lipinski definition) is 1. The molecule has 6 heteroatoms. The number of carboxylic acids is 1. The normalized spacial score (nSPS) is 11.3. The highest BCUT2D eigenvalue weighted by atomic mass is 16.5. The number of aromatic nitrogens is 1. The van der Waals surface area contributed by atoms with Crippen molar-refractivity contribution in [2.24, 2.45) is 0 Å². The van der Waals surface area contributed by atoms with Gasteiger partial charge >= 0.3 is 5.97 Å². The first-order chi connectivity index (χ1) is 17.3. The topological polar surface area (TPSA) is 81.8 Å². The van der Waals surface area contributed by atoms with E-state index in [4.69, 9.17) is 13.9 Å². The van der Waals surface area contributed by atoms with E-state index in [-0.39, 0.29) is 0 Å². The average Bonchev–Trinajstić information content (AvgIpc) is 3.25. The van der Waals surface area contributed by atoms with Gasteiger partial charge in [-0.2, -0.15) is 0 Å². The second kappa shape index (κ2) is 11.1. The third-order valence-corrected chi connectivity index (χ3v) is 5.96. The summed E-state index contributed by atoms with van der Waals surface area (Å²) < 4.78 is 17.8. The van der Waals surface area contributed by atoms with Crippen LogP contribution in [0, 0.1) is 6.92 Å². The van der Waals surface area contributed by atoms with Crippen LogP contribution in [0.4, 0.5) is 0 Å². The monoisotopic (exact) mass is 485 g/mol. The standard InChI is InChI=1S/C30H31NO5/c1-21-26(31-28(35-21)23-12-8-5-9-13-23)18-19-34-27-17-16-25(36-30(2,3)29(32)33)20-24(27)15-14-22-10-6-4-7-11-22/h4-13,16-17,20H,14-15,18-19H2,1-3H3,(H,32,33). The van der Waals surface area contributed by atoms with E-state index < -0.39 is 11.6 Å². The molecule has 4 rings (SSSR count). The molecule has 6 nitrogen and oxygen atoms in total. The van der Waals surface area contributed by atoms with E-state index in [0.29, 0.717) is 24.7 Å². The molecule has 0 aliphatic heterocycles. The Labute approximate surface area is 211 Å². The smallest absolute Gasteiger partial charge is 0.347 e. The van der Waals surface area contributed by atoms with E-state index >= 15 is 0 Å². The highest BCUT2D eigenvalue weighted by Gasteiger charge is 2.29. The minimum absolute atomic E-state index is 0.431. The van der Waals surface area contributed by atoms with Gasteiger partial charge in [0.1, 0.15) is 17.3 Å². The molecule has 4 aromatic rings. The van der Waals surface area contributed by atoms with Crippen LogP contribution in [-0.4, -0.2) is 28.3 Å². The summed E-state index contributed by atoms with van der Waals surface area (Å²) in [5.74, 6) is 1.61. The zero-order valence-corrected chi connectivity index (χ0v) is 20.9. The molecule has 1 heterocycles. The minimum atomic E-state index is -1.33. The lowest BCUT2D eigenvalue weighted by Crippen LogP contribution is -2.37. The maximum absolute atomic E-state index is 11.5. The third kappa shape index (κ3) is 6.33. The third-order valence-electron chi connectivity index (χ3n) is 5.96. The molecule has 3 aromatic carbocycles. The van der Waals surface area contributed by atoms with E-state index in [0.717, 1.165) is 41.2 Å². The first kappa shape index (κ1) is 25.0. The largest absolute Gasteiger partial charge is 0.493 e. The molecule has 186 valence electrons. The van der Waals surface area contributed by atoms with E-state index in [1.54, 1.807) is 6.07 Å². The summed E-state index contributed by atoms with van der Waals surface area (Å²) in [7, 11) is 0. The molecule has 0 radical (unpaired) electrons. The first-order valence-electron chi connectivity index (χ1n) is 12.1. The fraction of sp³-hybridized carbons (Fsp3) is 0.267. The number of rotatable bonds is 11. The number of aryl methyl sites for hydroxylation is 3. The Morgan fingerprint density at radius 3 is 2.33 bits per heavy atom. The molecule has 0 aliphatic rings. The summed E-state index contributed by atoms with van der Waals surface area (Å²) in [5.41, 5.74) is 2.64. The number of ether oxygens (including phenoxy) is 2. The average molecular weight is 486 g/mol. The number of carboxylic acid groups (broad SMARTS) is 1. The number of aliphatic carboxylic acids is 1. The number of nitrogens with zero attached hydrogens (tertiary/aromatic N) is 1. The number of oxazole rings is 1. The van der Waals surface area contributed by atoms with Gasteiger partial charge < -0.3 is 19.0 Å². The van der Waals surface area contributed by atoms with Crippen LogP contribution in [0.15, 0.2) is 83.3 Å². The lowest BCUT2D eigenvalue weighted by Gasteiger charge is -2.22. The molecular weight excluding hydrogens is 454 g/mol. The molecule has 1 N–H and O–H groups in total. The van der Waals surface area contributed by atoms with Gasteiger partial charge in [0, 0.05) is 12.0 Å². The van der Waals surface area contributed by atoms with E-state index in [1.807, 2.05) is 67.6 Å². The Hall–Kier alpha value is -4.06. The van der Waals surface area contributed by atoms with Gasteiger partial charge in [0.05, 0.1) is 12.3 Å². The minimum Gasteiger partial charge on any atom is -0.493 e. The SMILES string of the molecule is Cc1oc(-c2ccccc2)nc1CCOc1ccc(OC(C)(C)C(=O)O)cc1CCc1ccccc1. The molecule has 1 aromatic heterocycles. The quantitative estimate of drug-likeness (QED) is 0.269. The summed E-state index contributed by atoms with van der Waals surface area (Å²) in [4.78, 5) is 16.2. The molecule has 36 heavy (non-hydrogen) atoms. The summed E-state index contributed by atoms with van der Waals surface area (Å²) in [6, 6.07) is 25.5. The maximum Gasteiger partial charge on any atom is 0.347 e. The van der Waals surface area contributed by atoms with E-state index in [2.05, 4.69) is 17.1 Å². The molecule has 0 saturated heterocycles. The lowest BCUT2D eigenvalue weighted by atomic mass is 10.0. The highest BCUT2D eigenvalue weighted by Crippen LogP contribution is 2.29. The Kier molecular flexibility index (Phi) is 7.74. The van der Waals surface area contributed by atoms with Crippen LogP contribution in [0.1, 0.15) is 36.4 Å². The van der Waals surface area contributed by atoms with Crippen LogP contribution >= 0.6 is 0 Å². The van der Waals surface area contributed by atoms with Gasteiger partial charge in [-0.25, -0.2) is 9.78 Å². The number of hydrogen-bond acceptors (Lipinski definition) is 5. The Morgan fingerprint density at radius 1 is 0.944 bits per heavy atom. The second-order valence-corrected chi connectivity index (χ2v) is 9.16. The van der Waals surface area contributed by atoms with Gasteiger partial charge in [-0.15, -0.1) is 0 Å². The van der Waals surface area contributed by atoms with Gasteiger partial charge in [0.15, 0.2) is 5.60 Å². The fourth-order valence-electron chi connectivity index (χ4n) is 3.84. The molecule has 0 unspecified atom stereocenters. The zero-order chi connectivity index (χ0) is 25.5. The van der Waals surface area contributed by atoms with E-state index in [1.165, 1.54) is 19.4 Å². The number of carbonyl (C=O) groups is 1. The number of benzene rings is 3. The van der Waals surface area contributed by atoms with Gasteiger partial charge in [0.2, 0.25) is 5.89 Å². The fourth-order valence-corrected chi connectivity index (χ4v) is 3.84. The Bertz CT molecular complexity index is 1300. The predicted octanol–water partition coefficient (Wildman–Crippen LogP) is 6.30. The van der Waals surface area contributed by atoms with Crippen molar-refractivity contribution in [2.45, 2.75) is 45.6 Å². The van der Waals surface area contributed by atoms with Gasteiger partial charge in [-0.1, -0.05) is 48.5 Å². The van der Waals surface area contributed by atoms with Crippen molar-refractivity contribution in [1.29, 1.82) is 0 Å². The van der Waals surface area contributed by atoms with Crippen molar-refractivity contribution in [3.63, 3.8) is 0 Å². The van der Waals surface area contributed by atoms with Crippen LogP contribution < -0.4 is 9.47 Å². The summed E-state index contributed by atoms with van der Waals surface area (Å²) in [6.07, 6.45) is 2.15. The van der Waals surface area contributed by atoms with Crippen LogP contribution in [0.3, 0.4) is 0 Å². The summed E-state index contributed by atoms with van der Waals surface area (Å²) in [6.45, 7) is 5.41. The zero-order valence-electron chi connectivity index (χ0n) is 20.9. The van der Waals surface area contributed by atoms with Gasteiger partial charge in [0.25, 0.3) is 0 Å². The van der Waals surface area contributed by atoms with Crippen molar-refractivity contribution < 1.29 is 23.8 Å². The second-order valence-electron chi connectivity index (χ2n) is 9.16. The molecule has 0 atom stereocenters. The van der Waals surface area contributed by atoms with E-state index in [9.17, 15) is 9.90 Å². The molecule has 0 spiro atoms. The van der Waals surface area contributed by atoms with Crippen molar-refractivity contribution in [2.75, 3.05) is 6.61 Å². The molecular formula is C30H31NO5. The van der Waals surface area contributed by atoms with Crippen LogP contribution in [0.25, 0.3) is 11.5 Å². The molecule has 0 aliphatic carbocycles. The predicted molar refractivity (Wildman–Crippen MR) is 139 cm³/mol. The first-order valence-corrected chi connectivity index (χ1v) is 12.1. The van der Waals surface area contributed by atoms with Gasteiger partial charge in [-0.05, 0) is 75.1 Å². The summed E-state index contributed by atoms with van der Waals surface area (Å²) >= 11 is 0. The van der Waals surface area contributed by atoms with Crippen molar-refractivity contribution in [3.05, 3.63) is 101 Å².